The van der Waals surface area contributed by atoms with Crippen LogP contribution in [0.1, 0.15) is 18.4 Å². The van der Waals surface area contributed by atoms with Gasteiger partial charge in [-0.1, -0.05) is 28.1 Å². The number of hydrogen-bond acceptors (Lipinski definition) is 4. The summed E-state index contributed by atoms with van der Waals surface area (Å²) in [6.45, 7) is 1.35. The van der Waals surface area contributed by atoms with Crippen molar-refractivity contribution in [2.45, 2.75) is 19.3 Å². The summed E-state index contributed by atoms with van der Waals surface area (Å²) in [4.78, 5) is 24.8. The number of aliphatic carboxylic acids is 1. The quantitative estimate of drug-likeness (QED) is 0.430. The van der Waals surface area contributed by atoms with Gasteiger partial charge in [-0.15, -0.1) is 0 Å². The van der Waals surface area contributed by atoms with Crippen molar-refractivity contribution in [3.8, 4) is 6.07 Å². The standard InChI is InChI=1S/C18H20BrN3O3/c19-16-3-1-13(2-4-16)5-8-21-12-15(11-20)17(23)22-9-6-14(7-10-22)18(24)25/h1-4,12,14,21H,5-10H2,(H,24,25)/b15-12-. The van der Waals surface area contributed by atoms with E-state index in [9.17, 15) is 14.9 Å². The van der Waals surface area contributed by atoms with E-state index in [1.807, 2.05) is 30.3 Å². The molecule has 0 aliphatic carbocycles. The number of carbonyl (C=O) groups is 2. The highest BCUT2D eigenvalue weighted by molar-refractivity contribution is 9.10. The van der Waals surface area contributed by atoms with E-state index in [1.54, 1.807) is 4.90 Å². The number of halogens is 1. The van der Waals surface area contributed by atoms with Crippen LogP contribution in [0.2, 0.25) is 0 Å². The van der Waals surface area contributed by atoms with E-state index in [-0.39, 0.29) is 11.5 Å². The molecule has 7 heteroatoms. The molecule has 1 aromatic carbocycles. The maximum absolute atomic E-state index is 12.4. The van der Waals surface area contributed by atoms with E-state index in [2.05, 4.69) is 21.2 Å². The van der Waals surface area contributed by atoms with E-state index < -0.39 is 11.9 Å². The molecule has 25 heavy (non-hydrogen) atoms. The van der Waals surface area contributed by atoms with Crippen molar-refractivity contribution in [2.75, 3.05) is 19.6 Å². The third kappa shape index (κ3) is 5.61. The van der Waals surface area contributed by atoms with Crippen molar-refractivity contribution in [1.29, 1.82) is 5.26 Å². The van der Waals surface area contributed by atoms with Crippen LogP contribution < -0.4 is 5.32 Å². The molecule has 1 saturated heterocycles. The Kier molecular flexibility index (Phi) is 7.02. The number of nitrogens with one attached hydrogen (secondary N) is 1. The summed E-state index contributed by atoms with van der Waals surface area (Å²) in [7, 11) is 0. The number of likely N-dealkylation sites (tertiary alicyclic amines) is 1. The number of nitrogens with zero attached hydrogens (tertiary/aromatic N) is 2. The van der Waals surface area contributed by atoms with Gasteiger partial charge in [-0.2, -0.15) is 5.26 Å². The average molecular weight is 406 g/mol. The Bertz CT molecular complexity index is 687. The Labute approximate surface area is 155 Å². The summed E-state index contributed by atoms with van der Waals surface area (Å²) in [5.74, 6) is -1.57. The molecule has 0 spiro atoms. The molecule has 2 rings (SSSR count). The smallest absolute Gasteiger partial charge is 0.306 e. The molecule has 0 bridgehead atoms. The van der Waals surface area contributed by atoms with E-state index in [0.29, 0.717) is 32.5 Å². The molecule has 0 unspecified atom stereocenters. The minimum Gasteiger partial charge on any atom is -0.481 e. The summed E-state index contributed by atoms with van der Waals surface area (Å²) < 4.78 is 1.02. The van der Waals surface area contributed by atoms with Crippen LogP contribution in [0, 0.1) is 17.2 Å². The zero-order valence-electron chi connectivity index (χ0n) is 13.7. The molecule has 0 saturated carbocycles. The largest absolute Gasteiger partial charge is 0.481 e. The Morgan fingerprint density at radius 1 is 1.32 bits per heavy atom. The van der Waals surface area contributed by atoms with E-state index in [1.165, 1.54) is 6.20 Å². The highest BCUT2D eigenvalue weighted by atomic mass is 79.9. The Morgan fingerprint density at radius 3 is 2.52 bits per heavy atom. The fourth-order valence-corrected chi connectivity index (χ4v) is 2.95. The van der Waals surface area contributed by atoms with Gasteiger partial charge in [0, 0.05) is 30.3 Å². The number of hydrogen-bond donors (Lipinski definition) is 2. The van der Waals surface area contributed by atoms with Crippen LogP contribution in [-0.2, 0) is 16.0 Å². The molecule has 0 aromatic heterocycles. The number of carboxylic acid groups (broad SMARTS) is 1. The average Bonchev–Trinajstić information content (AvgIpc) is 2.63. The van der Waals surface area contributed by atoms with Gasteiger partial charge in [-0.05, 0) is 37.0 Å². The predicted octanol–water partition coefficient (Wildman–Crippen LogP) is 2.31. The zero-order valence-corrected chi connectivity index (χ0v) is 15.3. The second-order valence-electron chi connectivity index (χ2n) is 5.91. The molecule has 1 amide bonds. The second-order valence-corrected chi connectivity index (χ2v) is 6.82. The molecule has 0 atom stereocenters. The van der Waals surface area contributed by atoms with Crippen molar-refractivity contribution in [2.24, 2.45) is 5.92 Å². The molecular formula is C18H20BrN3O3. The lowest BCUT2D eigenvalue weighted by Gasteiger charge is -2.29. The van der Waals surface area contributed by atoms with Gasteiger partial charge in [-0.3, -0.25) is 9.59 Å². The van der Waals surface area contributed by atoms with Crippen LogP contribution in [0.4, 0.5) is 0 Å². The first kappa shape index (κ1) is 19.0. The zero-order chi connectivity index (χ0) is 18.2. The van der Waals surface area contributed by atoms with Crippen LogP contribution in [0.25, 0.3) is 0 Å². The molecule has 6 nitrogen and oxygen atoms in total. The Morgan fingerprint density at radius 2 is 1.96 bits per heavy atom. The molecule has 0 radical (unpaired) electrons. The lowest BCUT2D eigenvalue weighted by molar-refractivity contribution is -0.145. The topological polar surface area (TPSA) is 93.4 Å². The van der Waals surface area contributed by atoms with Gasteiger partial charge >= 0.3 is 5.97 Å². The van der Waals surface area contributed by atoms with Crippen LogP contribution in [0.5, 0.6) is 0 Å². The van der Waals surface area contributed by atoms with Gasteiger partial charge < -0.3 is 15.3 Å². The number of amides is 1. The van der Waals surface area contributed by atoms with Crippen LogP contribution >= 0.6 is 15.9 Å². The number of benzene rings is 1. The fourth-order valence-electron chi connectivity index (χ4n) is 2.68. The maximum atomic E-state index is 12.4. The van der Waals surface area contributed by atoms with Crippen LogP contribution in [-0.4, -0.2) is 41.5 Å². The number of rotatable bonds is 6. The maximum Gasteiger partial charge on any atom is 0.306 e. The third-order valence-corrected chi connectivity index (χ3v) is 4.73. The van der Waals surface area contributed by atoms with Crippen molar-refractivity contribution in [3.05, 3.63) is 46.1 Å². The van der Waals surface area contributed by atoms with Gasteiger partial charge in [0.15, 0.2) is 0 Å². The predicted molar refractivity (Wildman–Crippen MR) is 96.5 cm³/mol. The van der Waals surface area contributed by atoms with Crippen molar-refractivity contribution >= 4 is 27.8 Å². The molecule has 2 N–H and O–H groups in total. The third-order valence-electron chi connectivity index (χ3n) is 4.20. The Balaban J connectivity index is 1.83. The van der Waals surface area contributed by atoms with Gasteiger partial charge in [0.05, 0.1) is 5.92 Å². The number of carbonyl (C=O) groups excluding carboxylic acids is 1. The minimum absolute atomic E-state index is 0.0459. The number of nitriles is 1. The molecule has 132 valence electrons. The summed E-state index contributed by atoms with van der Waals surface area (Å²) in [6.07, 6.45) is 3.08. The SMILES string of the molecule is N#C/C(=C/NCCc1ccc(Br)cc1)C(=O)N1CCC(C(=O)O)CC1. The van der Waals surface area contributed by atoms with Crippen molar-refractivity contribution in [3.63, 3.8) is 0 Å². The normalized spacial score (nSPS) is 15.5. The molecule has 1 heterocycles. The van der Waals surface area contributed by atoms with Crippen molar-refractivity contribution < 1.29 is 14.7 Å². The van der Waals surface area contributed by atoms with Crippen molar-refractivity contribution in [1.82, 2.24) is 10.2 Å². The summed E-state index contributed by atoms with van der Waals surface area (Å²) >= 11 is 3.39. The van der Waals surface area contributed by atoms with Gasteiger partial charge in [0.25, 0.3) is 5.91 Å². The van der Waals surface area contributed by atoms with Crippen LogP contribution in [0.3, 0.4) is 0 Å². The van der Waals surface area contributed by atoms with E-state index >= 15 is 0 Å². The first-order valence-corrected chi connectivity index (χ1v) is 8.90. The van der Waals surface area contributed by atoms with E-state index in [0.717, 1.165) is 16.5 Å². The van der Waals surface area contributed by atoms with Gasteiger partial charge in [-0.25, -0.2) is 0 Å². The van der Waals surface area contributed by atoms with Gasteiger partial charge in [0.2, 0.25) is 0 Å². The molecule has 1 aliphatic heterocycles. The lowest BCUT2D eigenvalue weighted by Crippen LogP contribution is -2.41. The molecule has 1 aromatic rings. The van der Waals surface area contributed by atoms with Gasteiger partial charge in [0.1, 0.15) is 11.6 Å². The highest BCUT2D eigenvalue weighted by Gasteiger charge is 2.28. The lowest BCUT2D eigenvalue weighted by atomic mass is 9.97. The first-order valence-electron chi connectivity index (χ1n) is 8.11. The van der Waals surface area contributed by atoms with Crippen LogP contribution in [0.15, 0.2) is 40.5 Å². The summed E-state index contributed by atoms with van der Waals surface area (Å²) in [6, 6.07) is 9.89. The Hall–Kier alpha value is -2.33. The molecular weight excluding hydrogens is 386 g/mol. The number of piperidine rings is 1. The number of carboxylic acids is 1. The monoisotopic (exact) mass is 405 g/mol. The highest BCUT2D eigenvalue weighted by Crippen LogP contribution is 2.18. The summed E-state index contributed by atoms with van der Waals surface area (Å²) in [5, 5.41) is 21.2. The first-order chi connectivity index (χ1) is 12.0. The second kappa shape index (κ2) is 9.23. The van der Waals surface area contributed by atoms with E-state index in [4.69, 9.17) is 5.11 Å². The molecule has 1 fully saturated rings. The minimum atomic E-state index is -0.822. The summed E-state index contributed by atoms with van der Waals surface area (Å²) in [5.41, 5.74) is 1.20. The fraction of sp³-hybridized carbons (Fsp3) is 0.389. The molecule has 1 aliphatic rings.